The SMILES string of the molecule is COc1cc2oc(-c3cc(OC)c(OC)c(OC)c3)cc(=O)c2c(OC)c1CCCCCCCCCCCCO. The minimum absolute atomic E-state index is 0.204. The van der Waals surface area contributed by atoms with E-state index in [1.54, 1.807) is 32.4 Å². The molecule has 0 spiro atoms. The molecule has 0 aliphatic rings. The van der Waals surface area contributed by atoms with Crippen LogP contribution >= 0.6 is 0 Å². The van der Waals surface area contributed by atoms with Crippen molar-refractivity contribution < 1.29 is 33.2 Å². The first-order valence-electron chi connectivity index (χ1n) is 14.2. The Kier molecular flexibility index (Phi) is 12.5. The predicted octanol–water partition coefficient (Wildman–Crippen LogP) is 6.94. The van der Waals surface area contributed by atoms with Crippen molar-refractivity contribution in [1.29, 1.82) is 0 Å². The highest BCUT2D eigenvalue weighted by Gasteiger charge is 2.21. The summed E-state index contributed by atoms with van der Waals surface area (Å²) in [6.45, 7) is 0.299. The largest absolute Gasteiger partial charge is 0.496 e. The van der Waals surface area contributed by atoms with E-state index in [1.807, 2.05) is 0 Å². The van der Waals surface area contributed by atoms with Gasteiger partial charge in [0.25, 0.3) is 0 Å². The van der Waals surface area contributed by atoms with Gasteiger partial charge >= 0.3 is 0 Å². The predicted molar refractivity (Wildman–Crippen MR) is 158 cm³/mol. The van der Waals surface area contributed by atoms with E-state index in [0.717, 1.165) is 37.7 Å². The van der Waals surface area contributed by atoms with Crippen molar-refractivity contribution in [2.45, 2.75) is 70.6 Å². The number of aliphatic hydroxyl groups is 1. The van der Waals surface area contributed by atoms with Crippen LogP contribution in [0, 0.1) is 0 Å². The highest BCUT2D eigenvalue weighted by Crippen LogP contribution is 2.42. The summed E-state index contributed by atoms with van der Waals surface area (Å²) in [6, 6.07) is 6.72. The number of fused-ring (bicyclic) bond motifs is 1. The van der Waals surface area contributed by atoms with Crippen LogP contribution in [0.1, 0.15) is 69.8 Å². The van der Waals surface area contributed by atoms with Gasteiger partial charge in [0.2, 0.25) is 5.75 Å². The van der Waals surface area contributed by atoms with E-state index in [4.69, 9.17) is 33.2 Å². The van der Waals surface area contributed by atoms with Crippen molar-refractivity contribution in [3.63, 3.8) is 0 Å². The molecule has 0 radical (unpaired) electrons. The number of unbranched alkanes of at least 4 members (excludes halogenated alkanes) is 9. The van der Waals surface area contributed by atoms with Crippen molar-refractivity contribution in [2.75, 3.05) is 42.2 Å². The second-order valence-electron chi connectivity index (χ2n) is 9.86. The Labute approximate surface area is 237 Å². The summed E-state index contributed by atoms with van der Waals surface area (Å²) >= 11 is 0. The highest BCUT2D eigenvalue weighted by molar-refractivity contribution is 5.88. The van der Waals surface area contributed by atoms with Gasteiger partial charge in [-0.05, 0) is 31.4 Å². The lowest BCUT2D eigenvalue weighted by molar-refractivity contribution is 0.282. The smallest absolute Gasteiger partial charge is 0.203 e. The first-order valence-corrected chi connectivity index (χ1v) is 14.2. The molecule has 1 aromatic heterocycles. The zero-order valence-corrected chi connectivity index (χ0v) is 24.6. The summed E-state index contributed by atoms with van der Waals surface area (Å²) in [5.74, 6) is 2.88. The Morgan fingerprint density at radius 2 is 1.15 bits per heavy atom. The number of ether oxygens (including phenoxy) is 5. The lowest BCUT2D eigenvalue weighted by Gasteiger charge is -2.17. The fourth-order valence-electron chi connectivity index (χ4n) is 5.14. The van der Waals surface area contributed by atoms with E-state index < -0.39 is 0 Å². The van der Waals surface area contributed by atoms with E-state index in [2.05, 4.69) is 0 Å². The van der Waals surface area contributed by atoms with Gasteiger partial charge in [0.15, 0.2) is 16.9 Å². The molecule has 8 nitrogen and oxygen atoms in total. The average molecular weight is 557 g/mol. The monoisotopic (exact) mass is 556 g/mol. The van der Waals surface area contributed by atoms with Gasteiger partial charge in [-0.2, -0.15) is 0 Å². The van der Waals surface area contributed by atoms with Crippen molar-refractivity contribution in [1.82, 2.24) is 0 Å². The topological polar surface area (TPSA) is 96.6 Å². The number of methoxy groups -OCH3 is 5. The summed E-state index contributed by atoms with van der Waals surface area (Å²) in [5, 5.41) is 9.26. The Hall–Kier alpha value is -3.39. The van der Waals surface area contributed by atoms with E-state index in [-0.39, 0.29) is 5.43 Å². The third-order valence-corrected chi connectivity index (χ3v) is 7.24. The molecule has 0 bridgehead atoms. The molecule has 8 heteroatoms. The number of hydrogen-bond acceptors (Lipinski definition) is 8. The summed E-state index contributed by atoms with van der Waals surface area (Å²) in [5.41, 5.74) is 1.67. The van der Waals surface area contributed by atoms with Crippen LogP contribution in [-0.2, 0) is 6.42 Å². The van der Waals surface area contributed by atoms with Crippen LogP contribution in [0.2, 0.25) is 0 Å². The zero-order chi connectivity index (χ0) is 28.9. The molecule has 0 fully saturated rings. The first kappa shape index (κ1) is 31.1. The standard InChI is InChI=1S/C32H44O8/c1-35-26-21-27-30(31(38-4)23(26)16-14-12-10-8-6-7-9-11-13-15-17-33)24(34)20-25(40-27)22-18-28(36-2)32(39-5)29(19-22)37-3/h18-21,33H,6-17H2,1-5H3. The van der Waals surface area contributed by atoms with Gasteiger partial charge in [0, 0.05) is 29.9 Å². The maximum Gasteiger partial charge on any atom is 0.203 e. The molecule has 2 aromatic carbocycles. The lowest BCUT2D eigenvalue weighted by Crippen LogP contribution is -2.07. The van der Waals surface area contributed by atoms with Gasteiger partial charge in [0.05, 0.1) is 35.5 Å². The molecule has 0 aliphatic heterocycles. The molecule has 3 aromatic rings. The van der Waals surface area contributed by atoms with Gasteiger partial charge in [0.1, 0.15) is 28.2 Å². The van der Waals surface area contributed by atoms with Crippen LogP contribution in [0.5, 0.6) is 28.7 Å². The average Bonchev–Trinajstić information content (AvgIpc) is 2.98. The highest BCUT2D eigenvalue weighted by atomic mass is 16.5. The summed E-state index contributed by atoms with van der Waals surface area (Å²) in [4.78, 5) is 13.4. The van der Waals surface area contributed by atoms with Crippen LogP contribution < -0.4 is 29.1 Å². The third kappa shape index (κ3) is 7.62. The number of benzene rings is 2. The summed E-state index contributed by atoms with van der Waals surface area (Å²) < 4.78 is 34.1. The molecule has 0 saturated heterocycles. The van der Waals surface area contributed by atoms with E-state index in [1.165, 1.54) is 65.9 Å². The number of aliphatic hydroxyl groups excluding tert-OH is 1. The normalized spacial score (nSPS) is 11.1. The van der Waals surface area contributed by atoms with Crippen molar-refractivity contribution in [3.8, 4) is 40.1 Å². The van der Waals surface area contributed by atoms with Crippen LogP contribution in [0.4, 0.5) is 0 Å². The van der Waals surface area contributed by atoms with E-state index >= 15 is 0 Å². The van der Waals surface area contributed by atoms with Gasteiger partial charge in [-0.15, -0.1) is 0 Å². The maximum atomic E-state index is 13.4. The molecule has 1 heterocycles. The minimum Gasteiger partial charge on any atom is -0.496 e. The molecular formula is C32H44O8. The van der Waals surface area contributed by atoms with Crippen molar-refractivity contribution in [2.24, 2.45) is 0 Å². The lowest BCUT2D eigenvalue weighted by atomic mass is 10.00. The van der Waals surface area contributed by atoms with E-state index in [0.29, 0.717) is 57.6 Å². The van der Waals surface area contributed by atoms with Crippen molar-refractivity contribution in [3.05, 3.63) is 40.1 Å². The fraction of sp³-hybridized carbons (Fsp3) is 0.531. The maximum absolute atomic E-state index is 13.4. The number of hydrogen-bond donors (Lipinski definition) is 1. The molecule has 1 N–H and O–H groups in total. The molecule has 3 rings (SSSR count). The van der Waals surface area contributed by atoms with Gasteiger partial charge in [-0.3, -0.25) is 4.79 Å². The molecular weight excluding hydrogens is 512 g/mol. The quantitative estimate of drug-likeness (QED) is 0.168. The fourth-order valence-corrected chi connectivity index (χ4v) is 5.14. The Balaban J connectivity index is 1.78. The summed E-state index contributed by atoms with van der Waals surface area (Å²) in [6.07, 6.45) is 12.2. The Bertz CT molecular complexity index is 1260. The summed E-state index contributed by atoms with van der Waals surface area (Å²) in [7, 11) is 7.81. The van der Waals surface area contributed by atoms with Crippen LogP contribution in [0.3, 0.4) is 0 Å². The molecule has 0 amide bonds. The van der Waals surface area contributed by atoms with Gasteiger partial charge in [-0.25, -0.2) is 0 Å². The zero-order valence-electron chi connectivity index (χ0n) is 24.6. The van der Waals surface area contributed by atoms with Crippen LogP contribution in [0.25, 0.3) is 22.3 Å². The van der Waals surface area contributed by atoms with E-state index in [9.17, 15) is 4.79 Å². The minimum atomic E-state index is -0.204. The second kappa shape index (κ2) is 16.0. The molecule has 40 heavy (non-hydrogen) atoms. The first-order chi connectivity index (χ1) is 19.5. The third-order valence-electron chi connectivity index (χ3n) is 7.24. The van der Waals surface area contributed by atoms with Gasteiger partial charge < -0.3 is 33.2 Å². The Morgan fingerprint density at radius 3 is 1.65 bits per heavy atom. The number of rotatable bonds is 18. The molecule has 0 unspecified atom stereocenters. The molecule has 0 aliphatic carbocycles. The molecule has 220 valence electrons. The molecule has 0 atom stereocenters. The Morgan fingerprint density at radius 1 is 0.625 bits per heavy atom. The van der Waals surface area contributed by atoms with Crippen molar-refractivity contribution >= 4 is 11.0 Å². The molecule has 0 saturated carbocycles. The second-order valence-corrected chi connectivity index (χ2v) is 9.86. The van der Waals surface area contributed by atoms with Crippen LogP contribution in [-0.4, -0.2) is 47.3 Å². The van der Waals surface area contributed by atoms with Crippen LogP contribution in [0.15, 0.2) is 33.5 Å². The van der Waals surface area contributed by atoms with Gasteiger partial charge in [-0.1, -0.05) is 51.4 Å².